The smallest absolute Gasteiger partial charge is 0.193 e. The number of aromatic hydroxyl groups is 1. The minimum absolute atomic E-state index is 0.0866. The van der Waals surface area contributed by atoms with Crippen LogP contribution in [0.5, 0.6) is 5.75 Å². The van der Waals surface area contributed by atoms with E-state index in [1.165, 1.54) is 18.2 Å². The predicted molar refractivity (Wildman–Crippen MR) is 72.6 cm³/mol. The number of ketones is 2. The second-order valence-electron chi connectivity index (χ2n) is 4.20. The average Bonchev–Trinajstić information content (AvgIpc) is 2.47. The number of hydrogen-bond acceptors (Lipinski definition) is 3. The summed E-state index contributed by atoms with van der Waals surface area (Å²) in [5, 5.41) is 9.66. The molecular formula is C16H14O3. The third-order valence-electron chi connectivity index (χ3n) is 2.92. The van der Waals surface area contributed by atoms with Crippen LogP contribution in [0.4, 0.5) is 0 Å². The Morgan fingerprint density at radius 1 is 1.00 bits per heavy atom. The monoisotopic (exact) mass is 254 g/mol. The van der Waals surface area contributed by atoms with Crippen molar-refractivity contribution >= 4 is 11.6 Å². The molecule has 0 fully saturated rings. The normalized spacial score (nSPS) is 10.2. The summed E-state index contributed by atoms with van der Waals surface area (Å²) >= 11 is 0. The predicted octanol–water partition coefficient (Wildman–Crippen LogP) is 3.22. The molecule has 2 aromatic rings. The van der Waals surface area contributed by atoms with Crippen LogP contribution in [0.15, 0.2) is 48.5 Å². The van der Waals surface area contributed by atoms with Gasteiger partial charge in [0, 0.05) is 17.5 Å². The van der Waals surface area contributed by atoms with Gasteiger partial charge in [-0.1, -0.05) is 37.3 Å². The molecule has 0 aliphatic rings. The van der Waals surface area contributed by atoms with Crippen molar-refractivity contribution in [3.05, 3.63) is 65.2 Å². The van der Waals surface area contributed by atoms with Crippen molar-refractivity contribution in [3.63, 3.8) is 0 Å². The van der Waals surface area contributed by atoms with E-state index in [4.69, 9.17) is 0 Å². The first-order chi connectivity index (χ1) is 9.13. The molecule has 0 spiro atoms. The van der Waals surface area contributed by atoms with Crippen LogP contribution in [-0.4, -0.2) is 16.7 Å². The second kappa shape index (κ2) is 5.48. The largest absolute Gasteiger partial charge is 0.507 e. The summed E-state index contributed by atoms with van der Waals surface area (Å²) in [6.07, 6.45) is 0.288. The van der Waals surface area contributed by atoms with Gasteiger partial charge in [-0.2, -0.15) is 0 Å². The maximum absolute atomic E-state index is 12.2. The van der Waals surface area contributed by atoms with Crippen molar-refractivity contribution in [2.45, 2.75) is 13.3 Å². The van der Waals surface area contributed by atoms with Gasteiger partial charge < -0.3 is 5.11 Å². The van der Waals surface area contributed by atoms with Gasteiger partial charge >= 0.3 is 0 Å². The number of carbonyl (C=O) groups excluding carboxylic acids is 2. The first-order valence-electron chi connectivity index (χ1n) is 6.09. The van der Waals surface area contributed by atoms with Crippen LogP contribution in [0.1, 0.15) is 39.6 Å². The molecular weight excluding hydrogens is 240 g/mol. The Bertz CT molecular complexity index is 615. The van der Waals surface area contributed by atoms with Gasteiger partial charge in [0.1, 0.15) is 5.75 Å². The molecule has 96 valence electrons. The highest BCUT2D eigenvalue weighted by atomic mass is 16.3. The second-order valence-corrected chi connectivity index (χ2v) is 4.20. The van der Waals surface area contributed by atoms with E-state index >= 15 is 0 Å². The molecule has 0 aromatic heterocycles. The van der Waals surface area contributed by atoms with Gasteiger partial charge in [-0.05, 0) is 18.2 Å². The first-order valence-corrected chi connectivity index (χ1v) is 6.09. The summed E-state index contributed by atoms with van der Waals surface area (Å²) in [7, 11) is 0. The van der Waals surface area contributed by atoms with E-state index in [0.29, 0.717) is 11.1 Å². The zero-order chi connectivity index (χ0) is 13.8. The molecule has 0 heterocycles. The fourth-order valence-corrected chi connectivity index (χ4v) is 1.85. The Hall–Kier alpha value is -2.42. The molecule has 3 nitrogen and oxygen atoms in total. The molecule has 0 aliphatic carbocycles. The maximum Gasteiger partial charge on any atom is 0.193 e. The topological polar surface area (TPSA) is 54.4 Å². The summed E-state index contributed by atoms with van der Waals surface area (Å²) in [6.45, 7) is 1.72. The van der Waals surface area contributed by atoms with Gasteiger partial charge in [0.15, 0.2) is 11.6 Å². The molecule has 19 heavy (non-hydrogen) atoms. The van der Waals surface area contributed by atoms with Gasteiger partial charge in [-0.15, -0.1) is 0 Å². The third kappa shape index (κ3) is 2.71. The van der Waals surface area contributed by atoms with Crippen molar-refractivity contribution in [3.8, 4) is 5.75 Å². The molecule has 2 rings (SSSR count). The van der Waals surface area contributed by atoms with Crippen LogP contribution in [0.3, 0.4) is 0 Å². The zero-order valence-corrected chi connectivity index (χ0v) is 10.6. The van der Waals surface area contributed by atoms with Crippen LogP contribution in [0.25, 0.3) is 0 Å². The number of benzene rings is 2. The quantitative estimate of drug-likeness (QED) is 0.852. The number of carbonyl (C=O) groups is 2. The lowest BCUT2D eigenvalue weighted by atomic mass is 9.98. The first kappa shape index (κ1) is 13.0. The highest BCUT2D eigenvalue weighted by Crippen LogP contribution is 2.21. The Morgan fingerprint density at radius 2 is 1.68 bits per heavy atom. The van der Waals surface area contributed by atoms with Gasteiger partial charge in [-0.25, -0.2) is 0 Å². The molecule has 1 N–H and O–H groups in total. The molecule has 0 saturated heterocycles. The lowest BCUT2D eigenvalue weighted by Crippen LogP contribution is -2.04. The molecule has 0 bridgehead atoms. The number of phenolic OH excluding ortho intramolecular Hbond substituents is 1. The van der Waals surface area contributed by atoms with Crippen molar-refractivity contribution in [1.29, 1.82) is 0 Å². The van der Waals surface area contributed by atoms with Crippen molar-refractivity contribution < 1.29 is 14.7 Å². The summed E-state index contributed by atoms with van der Waals surface area (Å²) in [4.78, 5) is 23.9. The Kier molecular flexibility index (Phi) is 3.76. The van der Waals surface area contributed by atoms with Crippen LogP contribution >= 0.6 is 0 Å². The maximum atomic E-state index is 12.2. The SMILES string of the molecule is CCC(=O)c1cc(C(=O)c2ccccc2)ccc1O. The fraction of sp³-hybridized carbons (Fsp3) is 0.125. The van der Waals surface area contributed by atoms with E-state index in [9.17, 15) is 14.7 Å². The highest BCUT2D eigenvalue weighted by molar-refractivity contribution is 6.10. The van der Waals surface area contributed by atoms with Crippen LogP contribution in [-0.2, 0) is 0 Å². The minimum Gasteiger partial charge on any atom is -0.507 e. The summed E-state index contributed by atoms with van der Waals surface area (Å²) in [5.74, 6) is -0.428. The Morgan fingerprint density at radius 3 is 2.32 bits per heavy atom. The van der Waals surface area contributed by atoms with Crippen molar-refractivity contribution in [2.24, 2.45) is 0 Å². The van der Waals surface area contributed by atoms with Crippen LogP contribution in [0.2, 0.25) is 0 Å². The van der Waals surface area contributed by atoms with Gasteiger partial charge in [0.05, 0.1) is 5.56 Å². The van der Waals surface area contributed by atoms with Crippen LogP contribution in [0, 0.1) is 0 Å². The summed E-state index contributed by atoms with van der Waals surface area (Å²) < 4.78 is 0. The lowest BCUT2D eigenvalue weighted by molar-refractivity contribution is 0.0985. The number of phenols is 1. The zero-order valence-electron chi connectivity index (χ0n) is 10.6. The molecule has 0 unspecified atom stereocenters. The van der Waals surface area contributed by atoms with E-state index in [1.54, 1.807) is 31.2 Å². The number of hydrogen-bond donors (Lipinski definition) is 1. The van der Waals surface area contributed by atoms with E-state index < -0.39 is 0 Å². The molecule has 0 saturated carbocycles. The van der Waals surface area contributed by atoms with Gasteiger partial charge in [0.25, 0.3) is 0 Å². The molecule has 0 amide bonds. The van der Waals surface area contributed by atoms with E-state index in [1.807, 2.05) is 6.07 Å². The molecule has 3 heteroatoms. The fourth-order valence-electron chi connectivity index (χ4n) is 1.85. The summed E-state index contributed by atoms with van der Waals surface area (Å²) in [6, 6.07) is 13.2. The molecule has 2 aromatic carbocycles. The van der Waals surface area contributed by atoms with E-state index in [2.05, 4.69) is 0 Å². The highest BCUT2D eigenvalue weighted by Gasteiger charge is 2.14. The third-order valence-corrected chi connectivity index (χ3v) is 2.92. The van der Waals surface area contributed by atoms with Gasteiger partial charge in [0.2, 0.25) is 0 Å². The minimum atomic E-state index is -0.180. The van der Waals surface area contributed by atoms with Gasteiger partial charge in [-0.3, -0.25) is 9.59 Å². The lowest BCUT2D eigenvalue weighted by Gasteiger charge is -2.06. The van der Waals surface area contributed by atoms with Crippen molar-refractivity contribution in [1.82, 2.24) is 0 Å². The van der Waals surface area contributed by atoms with Crippen LogP contribution < -0.4 is 0 Å². The standard InChI is InChI=1S/C16H14O3/c1-2-14(17)13-10-12(8-9-15(13)18)16(19)11-6-4-3-5-7-11/h3-10,18H,2H2,1H3. The number of Topliss-reactive ketones (excluding diaryl/α,β-unsaturated/α-hetero) is 1. The van der Waals surface area contributed by atoms with E-state index in [0.717, 1.165) is 0 Å². The average molecular weight is 254 g/mol. The van der Waals surface area contributed by atoms with E-state index in [-0.39, 0.29) is 29.3 Å². The molecule has 0 atom stereocenters. The summed E-state index contributed by atoms with van der Waals surface area (Å²) in [5.41, 5.74) is 1.16. The Balaban J connectivity index is 2.42. The molecule has 0 aliphatic heterocycles. The molecule has 0 radical (unpaired) electrons. The number of rotatable bonds is 4. The Labute approximate surface area is 111 Å². The van der Waals surface area contributed by atoms with Crippen molar-refractivity contribution in [2.75, 3.05) is 0 Å².